The predicted molar refractivity (Wildman–Crippen MR) is 107 cm³/mol. The molecule has 1 atom stereocenters. The van der Waals surface area contributed by atoms with E-state index in [1.807, 2.05) is 31.5 Å². The van der Waals surface area contributed by atoms with Crippen molar-refractivity contribution in [1.82, 2.24) is 9.97 Å². The minimum Gasteiger partial charge on any atom is -0.494 e. The smallest absolute Gasteiger partial charge is 0.119 e. The lowest BCUT2D eigenvalue weighted by atomic mass is 9.80. The third kappa shape index (κ3) is 3.28. The van der Waals surface area contributed by atoms with Crippen LogP contribution in [-0.2, 0) is 5.54 Å². The van der Waals surface area contributed by atoms with Crippen LogP contribution in [0.2, 0.25) is 0 Å². The van der Waals surface area contributed by atoms with Crippen LogP contribution >= 0.6 is 0 Å². The zero-order valence-corrected chi connectivity index (χ0v) is 15.3. The molecule has 0 bridgehead atoms. The molecule has 0 aliphatic carbocycles. The van der Waals surface area contributed by atoms with Crippen molar-refractivity contribution < 1.29 is 4.74 Å². The molecule has 1 aromatic heterocycles. The van der Waals surface area contributed by atoms with E-state index in [1.165, 1.54) is 6.33 Å². The average Bonchev–Trinajstić information content (AvgIpc) is 3.13. The second-order valence-electron chi connectivity index (χ2n) is 6.63. The van der Waals surface area contributed by atoms with Crippen LogP contribution in [0.4, 0.5) is 0 Å². The number of hydrogen-bond donors (Lipinski definition) is 1. The Morgan fingerprint density at radius 2 is 1.78 bits per heavy atom. The molecule has 0 spiro atoms. The Morgan fingerprint density at radius 1 is 1.00 bits per heavy atom. The van der Waals surface area contributed by atoms with Gasteiger partial charge in [-0.2, -0.15) is 0 Å². The molecule has 27 heavy (non-hydrogen) atoms. The van der Waals surface area contributed by atoms with Crippen LogP contribution in [-0.4, -0.2) is 22.4 Å². The van der Waals surface area contributed by atoms with E-state index in [0.717, 1.165) is 40.8 Å². The summed E-state index contributed by atoms with van der Waals surface area (Å²) < 4.78 is 5.59. The van der Waals surface area contributed by atoms with Crippen LogP contribution in [0.3, 0.4) is 0 Å². The van der Waals surface area contributed by atoms with Crippen molar-refractivity contribution in [2.24, 2.45) is 10.7 Å². The van der Waals surface area contributed by atoms with Gasteiger partial charge in [0.25, 0.3) is 0 Å². The van der Waals surface area contributed by atoms with Gasteiger partial charge in [0.05, 0.1) is 12.4 Å². The number of ether oxygens (including phenoxy) is 1. The van der Waals surface area contributed by atoms with E-state index in [2.05, 4.69) is 46.4 Å². The van der Waals surface area contributed by atoms with Crippen LogP contribution in [0.5, 0.6) is 5.75 Å². The summed E-state index contributed by atoms with van der Waals surface area (Å²) in [5, 5.41) is 0. The minimum atomic E-state index is -0.472. The van der Waals surface area contributed by atoms with E-state index in [4.69, 9.17) is 15.5 Å². The first kappa shape index (κ1) is 17.2. The highest BCUT2D eigenvalue weighted by Crippen LogP contribution is 2.43. The number of benzene rings is 2. The fraction of sp³-hybridized carbons (Fsp3) is 0.227. The fourth-order valence-corrected chi connectivity index (χ4v) is 3.65. The monoisotopic (exact) mass is 358 g/mol. The van der Waals surface area contributed by atoms with Gasteiger partial charge in [-0.25, -0.2) is 9.97 Å². The van der Waals surface area contributed by atoms with Gasteiger partial charge in [0.15, 0.2) is 0 Å². The zero-order valence-electron chi connectivity index (χ0n) is 15.3. The number of aromatic nitrogens is 2. The molecule has 3 aromatic rings. The maximum absolute atomic E-state index is 6.12. The SMILES string of the molecule is CCOc1ccc(C2(c3cccc(-c4cncnc4)c3)CCC(N)=N2)cc1. The Morgan fingerprint density at radius 3 is 2.44 bits per heavy atom. The third-order valence-corrected chi connectivity index (χ3v) is 4.95. The molecular formula is C22H22N4O. The summed E-state index contributed by atoms with van der Waals surface area (Å²) in [4.78, 5) is 13.2. The molecule has 1 unspecified atom stereocenters. The van der Waals surface area contributed by atoms with Gasteiger partial charge >= 0.3 is 0 Å². The number of nitrogens with two attached hydrogens (primary N) is 1. The summed E-state index contributed by atoms with van der Waals surface area (Å²) in [5.74, 6) is 1.55. The van der Waals surface area contributed by atoms with E-state index in [9.17, 15) is 0 Å². The van der Waals surface area contributed by atoms with E-state index in [1.54, 1.807) is 0 Å². The number of aliphatic imine (C=N–C) groups is 1. The molecule has 0 saturated heterocycles. The first-order valence-corrected chi connectivity index (χ1v) is 9.15. The molecule has 0 fully saturated rings. The lowest BCUT2D eigenvalue weighted by molar-refractivity contribution is 0.340. The van der Waals surface area contributed by atoms with Crippen LogP contribution < -0.4 is 10.5 Å². The molecule has 0 amide bonds. The Bertz CT molecular complexity index is 954. The summed E-state index contributed by atoms with van der Waals surface area (Å²) >= 11 is 0. The van der Waals surface area contributed by atoms with Crippen molar-refractivity contribution in [1.29, 1.82) is 0 Å². The van der Waals surface area contributed by atoms with E-state index < -0.39 is 5.54 Å². The summed E-state index contributed by atoms with van der Waals surface area (Å²) in [6.45, 7) is 2.63. The molecule has 2 N–H and O–H groups in total. The summed E-state index contributed by atoms with van der Waals surface area (Å²) in [6, 6.07) is 16.6. The summed E-state index contributed by atoms with van der Waals surface area (Å²) in [7, 11) is 0. The van der Waals surface area contributed by atoms with Gasteiger partial charge in [0, 0.05) is 24.4 Å². The Hall–Kier alpha value is -3.21. The Balaban J connectivity index is 1.80. The van der Waals surface area contributed by atoms with Crippen LogP contribution in [0, 0.1) is 0 Å². The molecule has 5 nitrogen and oxygen atoms in total. The van der Waals surface area contributed by atoms with Gasteiger partial charge in [0.1, 0.15) is 17.6 Å². The van der Waals surface area contributed by atoms with Crippen molar-refractivity contribution in [3.63, 3.8) is 0 Å². The van der Waals surface area contributed by atoms with Gasteiger partial charge in [0.2, 0.25) is 0 Å². The van der Waals surface area contributed by atoms with Crippen molar-refractivity contribution in [3.8, 4) is 16.9 Å². The number of amidine groups is 1. The Kier molecular flexibility index (Phi) is 4.59. The fourth-order valence-electron chi connectivity index (χ4n) is 3.65. The lowest BCUT2D eigenvalue weighted by Crippen LogP contribution is -2.22. The molecule has 4 rings (SSSR count). The molecule has 5 heteroatoms. The molecule has 1 aliphatic heterocycles. The first-order valence-electron chi connectivity index (χ1n) is 9.15. The van der Waals surface area contributed by atoms with E-state index >= 15 is 0 Å². The molecule has 1 aliphatic rings. The second-order valence-corrected chi connectivity index (χ2v) is 6.63. The molecule has 0 saturated carbocycles. The second kappa shape index (κ2) is 7.19. The van der Waals surface area contributed by atoms with Crippen LogP contribution in [0.25, 0.3) is 11.1 Å². The highest BCUT2D eigenvalue weighted by Gasteiger charge is 2.38. The van der Waals surface area contributed by atoms with Crippen molar-refractivity contribution in [3.05, 3.63) is 78.4 Å². The maximum Gasteiger partial charge on any atom is 0.119 e. The van der Waals surface area contributed by atoms with Gasteiger partial charge in [-0.05, 0) is 48.2 Å². The molecular weight excluding hydrogens is 336 g/mol. The van der Waals surface area contributed by atoms with Crippen molar-refractivity contribution in [2.75, 3.05) is 6.61 Å². The maximum atomic E-state index is 6.12. The summed E-state index contributed by atoms with van der Waals surface area (Å²) in [5.41, 5.74) is 9.93. The van der Waals surface area contributed by atoms with Gasteiger partial charge in [-0.1, -0.05) is 30.3 Å². The van der Waals surface area contributed by atoms with Gasteiger partial charge in [-0.15, -0.1) is 0 Å². The zero-order chi connectivity index (χ0) is 18.7. The molecule has 0 radical (unpaired) electrons. The number of nitrogens with zero attached hydrogens (tertiary/aromatic N) is 3. The van der Waals surface area contributed by atoms with E-state index in [-0.39, 0.29) is 0 Å². The minimum absolute atomic E-state index is 0.472. The third-order valence-electron chi connectivity index (χ3n) is 4.95. The summed E-state index contributed by atoms with van der Waals surface area (Å²) in [6.07, 6.45) is 6.81. The normalized spacial score (nSPS) is 18.9. The van der Waals surface area contributed by atoms with E-state index in [0.29, 0.717) is 12.4 Å². The highest BCUT2D eigenvalue weighted by atomic mass is 16.5. The lowest BCUT2D eigenvalue weighted by Gasteiger charge is -2.28. The van der Waals surface area contributed by atoms with Gasteiger partial charge < -0.3 is 10.5 Å². The molecule has 2 aromatic carbocycles. The molecule has 136 valence electrons. The van der Waals surface area contributed by atoms with Crippen LogP contribution in [0.15, 0.2) is 72.2 Å². The van der Waals surface area contributed by atoms with Gasteiger partial charge in [-0.3, -0.25) is 4.99 Å². The predicted octanol–water partition coefficient (Wildman–Crippen LogP) is 3.94. The highest BCUT2D eigenvalue weighted by molar-refractivity contribution is 5.84. The Labute approximate surface area is 159 Å². The first-order chi connectivity index (χ1) is 13.2. The van der Waals surface area contributed by atoms with Crippen molar-refractivity contribution >= 4 is 5.84 Å². The molecule has 2 heterocycles. The van der Waals surface area contributed by atoms with Crippen LogP contribution in [0.1, 0.15) is 30.9 Å². The number of rotatable bonds is 5. The topological polar surface area (TPSA) is 73.4 Å². The van der Waals surface area contributed by atoms with Crippen molar-refractivity contribution in [2.45, 2.75) is 25.3 Å². The standard InChI is InChI=1S/C22H22N4O/c1-2-27-20-8-6-18(7-9-20)22(11-10-21(23)26-22)19-5-3-4-16(12-19)17-13-24-15-25-14-17/h3-9,12-15H,2,10-11H2,1H3,(H2,23,26). The largest absolute Gasteiger partial charge is 0.494 e. The average molecular weight is 358 g/mol. The quantitative estimate of drug-likeness (QED) is 0.750. The number of hydrogen-bond acceptors (Lipinski definition) is 5.